The van der Waals surface area contributed by atoms with E-state index in [1.54, 1.807) is 0 Å². The summed E-state index contributed by atoms with van der Waals surface area (Å²) in [5.74, 6) is 0.551. The van der Waals surface area contributed by atoms with E-state index in [-0.39, 0.29) is 6.54 Å². The van der Waals surface area contributed by atoms with Crippen LogP contribution in [0.4, 0.5) is 0 Å². The molecule has 0 fully saturated rings. The van der Waals surface area contributed by atoms with Gasteiger partial charge in [0.1, 0.15) is 11.9 Å². The predicted octanol–water partition coefficient (Wildman–Crippen LogP) is 2.09. The average molecular weight is 226 g/mol. The van der Waals surface area contributed by atoms with E-state index in [4.69, 9.17) is 9.68 Å². The molecule has 0 aliphatic heterocycles. The minimum absolute atomic E-state index is 0.143. The van der Waals surface area contributed by atoms with Crippen molar-refractivity contribution in [2.24, 2.45) is 0 Å². The van der Waals surface area contributed by atoms with E-state index in [2.05, 4.69) is 5.32 Å². The Morgan fingerprint density at radius 1 is 1.47 bits per heavy atom. The van der Waals surface area contributed by atoms with Crippen LogP contribution in [-0.2, 0) is 4.79 Å². The standard InChI is InChI=1S/C13H10N2O2/c14-6-5-11(15-7-8-16)13-9-10-3-1-2-4-12(10)17-13/h1-5,8-9,15H,7H2/b11-5-. The lowest BCUT2D eigenvalue weighted by molar-refractivity contribution is -0.107. The van der Waals surface area contributed by atoms with E-state index < -0.39 is 0 Å². The van der Waals surface area contributed by atoms with Crippen LogP contribution in [0.25, 0.3) is 16.7 Å². The molecule has 1 aromatic carbocycles. The van der Waals surface area contributed by atoms with Gasteiger partial charge in [-0.05, 0) is 12.1 Å². The molecule has 0 radical (unpaired) electrons. The molecule has 0 spiro atoms. The Balaban J connectivity index is 2.39. The van der Waals surface area contributed by atoms with Crippen molar-refractivity contribution in [2.45, 2.75) is 0 Å². The number of carbonyl (C=O) groups is 1. The fourth-order valence-electron chi connectivity index (χ4n) is 1.54. The number of hydrogen-bond donors (Lipinski definition) is 1. The zero-order valence-corrected chi connectivity index (χ0v) is 9.01. The van der Waals surface area contributed by atoms with Crippen molar-refractivity contribution in [1.29, 1.82) is 5.26 Å². The van der Waals surface area contributed by atoms with Crippen LogP contribution in [0.2, 0.25) is 0 Å². The Hall–Kier alpha value is -2.54. The summed E-state index contributed by atoms with van der Waals surface area (Å²) in [6, 6.07) is 11.3. The monoisotopic (exact) mass is 226 g/mol. The first-order valence-corrected chi connectivity index (χ1v) is 5.11. The second-order valence-electron chi connectivity index (χ2n) is 3.38. The number of carbonyl (C=O) groups excluding carboxylic acids is 1. The van der Waals surface area contributed by atoms with Gasteiger partial charge in [-0.25, -0.2) is 0 Å². The number of nitrogens with zero attached hydrogens (tertiary/aromatic N) is 1. The molecule has 0 aliphatic carbocycles. The Kier molecular flexibility index (Phi) is 3.22. The highest BCUT2D eigenvalue weighted by Gasteiger charge is 2.07. The van der Waals surface area contributed by atoms with Crippen LogP contribution in [0.1, 0.15) is 5.76 Å². The smallest absolute Gasteiger partial charge is 0.152 e. The highest BCUT2D eigenvalue weighted by atomic mass is 16.3. The van der Waals surface area contributed by atoms with Gasteiger partial charge in [0.05, 0.1) is 18.3 Å². The summed E-state index contributed by atoms with van der Waals surface area (Å²) in [6.45, 7) is 0.143. The van der Waals surface area contributed by atoms with Gasteiger partial charge < -0.3 is 14.5 Å². The summed E-state index contributed by atoms with van der Waals surface area (Å²) in [5.41, 5.74) is 1.26. The second kappa shape index (κ2) is 4.99. The number of para-hydroxylation sites is 1. The number of benzene rings is 1. The van der Waals surface area contributed by atoms with Crippen LogP contribution in [0.5, 0.6) is 0 Å². The molecule has 0 unspecified atom stereocenters. The van der Waals surface area contributed by atoms with Gasteiger partial charge in [0.2, 0.25) is 0 Å². The minimum atomic E-state index is 0.143. The normalized spacial score (nSPS) is 11.1. The van der Waals surface area contributed by atoms with Gasteiger partial charge in [-0.15, -0.1) is 0 Å². The summed E-state index contributed by atoms with van der Waals surface area (Å²) in [5, 5.41) is 12.5. The van der Waals surface area contributed by atoms with Crippen molar-refractivity contribution in [3.05, 3.63) is 42.2 Å². The van der Waals surface area contributed by atoms with Gasteiger partial charge in [0, 0.05) is 11.5 Å². The minimum Gasteiger partial charge on any atom is -0.455 e. The summed E-state index contributed by atoms with van der Waals surface area (Å²) in [6.07, 6.45) is 2.05. The third-order valence-corrected chi connectivity index (χ3v) is 2.28. The number of aldehydes is 1. The Bertz CT molecular complexity index is 572. The molecule has 1 heterocycles. The second-order valence-corrected chi connectivity index (χ2v) is 3.38. The predicted molar refractivity (Wildman–Crippen MR) is 63.9 cm³/mol. The van der Waals surface area contributed by atoms with Crippen molar-refractivity contribution in [2.75, 3.05) is 6.54 Å². The molecule has 0 saturated heterocycles. The molecule has 0 atom stereocenters. The fourth-order valence-corrected chi connectivity index (χ4v) is 1.54. The molecular weight excluding hydrogens is 216 g/mol. The van der Waals surface area contributed by atoms with Crippen molar-refractivity contribution in [3.8, 4) is 6.07 Å². The first kappa shape index (κ1) is 11.0. The van der Waals surface area contributed by atoms with Gasteiger partial charge in [0.25, 0.3) is 0 Å². The van der Waals surface area contributed by atoms with Crippen molar-refractivity contribution >= 4 is 23.0 Å². The van der Waals surface area contributed by atoms with E-state index >= 15 is 0 Å². The molecule has 0 saturated carbocycles. The van der Waals surface area contributed by atoms with Gasteiger partial charge >= 0.3 is 0 Å². The van der Waals surface area contributed by atoms with Crippen LogP contribution in [0.15, 0.2) is 40.8 Å². The van der Waals surface area contributed by atoms with Gasteiger partial charge in [-0.2, -0.15) is 5.26 Å². The Morgan fingerprint density at radius 3 is 3.00 bits per heavy atom. The van der Waals surface area contributed by atoms with E-state index in [0.717, 1.165) is 17.3 Å². The number of nitriles is 1. The first-order chi connectivity index (χ1) is 8.35. The number of rotatable bonds is 4. The molecule has 84 valence electrons. The number of allylic oxidation sites excluding steroid dienone is 1. The molecule has 4 heteroatoms. The van der Waals surface area contributed by atoms with E-state index in [9.17, 15) is 4.79 Å². The number of nitrogens with one attached hydrogen (secondary N) is 1. The molecule has 0 bridgehead atoms. The molecule has 4 nitrogen and oxygen atoms in total. The molecular formula is C13H10N2O2. The van der Waals surface area contributed by atoms with Crippen LogP contribution >= 0.6 is 0 Å². The number of fused-ring (bicyclic) bond motifs is 1. The number of hydrogen-bond acceptors (Lipinski definition) is 4. The van der Waals surface area contributed by atoms with Crippen LogP contribution < -0.4 is 5.32 Å². The van der Waals surface area contributed by atoms with Gasteiger partial charge in [-0.3, -0.25) is 0 Å². The van der Waals surface area contributed by atoms with Crippen LogP contribution in [-0.4, -0.2) is 12.8 Å². The molecule has 0 amide bonds. The molecule has 2 aromatic rings. The van der Waals surface area contributed by atoms with Crippen molar-refractivity contribution in [1.82, 2.24) is 5.32 Å². The summed E-state index contributed by atoms with van der Waals surface area (Å²) in [4.78, 5) is 10.3. The SMILES string of the molecule is N#C/C=C(\NCC=O)c1cc2ccccc2o1. The van der Waals surface area contributed by atoms with E-state index in [1.165, 1.54) is 6.08 Å². The maximum Gasteiger partial charge on any atom is 0.152 e. The largest absolute Gasteiger partial charge is 0.455 e. The Labute approximate surface area is 98.1 Å². The number of furan rings is 1. The third kappa shape index (κ3) is 2.34. The maximum atomic E-state index is 10.3. The zero-order valence-electron chi connectivity index (χ0n) is 9.01. The van der Waals surface area contributed by atoms with E-state index in [1.807, 2.05) is 36.4 Å². The van der Waals surface area contributed by atoms with Gasteiger partial charge in [0.15, 0.2) is 5.76 Å². The quantitative estimate of drug-likeness (QED) is 0.640. The third-order valence-electron chi connectivity index (χ3n) is 2.28. The Morgan fingerprint density at radius 2 is 2.29 bits per heavy atom. The lowest BCUT2D eigenvalue weighted by Crippen LogP contribution is -2.14. The molecule has 17 heavy (non-hydrogen) atoms. The van der Waals surface area contributed by atoms with Crippen LogP contribution in [0, 0.1) is 11.3 Å². The van der Waals surface area contributed by atoms with Crippen molar-refractivity contribution in [3.63, 3.8) is 0 Å². The van der Waals surface area contributed by atoms with Crippen molar-refractivity contribution < 1.29 is 9.21 Å². The van der Waals surface area contributed by atoms with Gasteiger partial charge in [-0.1, -0.05) is 18.2 Å². The lowest BCUT2D eigenvalue weighted by Gasteiger charge is -2.02. The summed E-state index contributed by atoms with van der Waals surface area (Å²) in [7, 11) is 0. The molecule has 1 N–H and O–H groups in total. The summed E-state index contributed by atoms with van der Waals surface area (Å²) >= 11 is 0. The average Bonchev–Trinajstić information content (AvgIpc) is 2.78. The summed E-state index contributed by atoms with van der Waals surface area (Å²) < 4.78 is 5.58. The first-order valence-electron chi connectivity index (χ1n) is 5.11. The highest BCUT2D eigenvalue weighted by Crippen LogP contribution is 2.22. The maximum absolute atomic E-state index is 10.3. The zero-order chi connectivity index (χ0) is 12.1. The highest BCUT2D eigenvalue weighted by molar-refractivity contribution is 5.82. The molecule has 0 aliphatic rings. The van der Waals surface area contributed by atoms with E-state index in [0.29, 0.717) is 11.5 Å². The lowest BCUT2D eigenvalue weighted by atomic mass is 10.2. The molecule has 1 aromatic heterocycles. The van der Waals surface area contributed by atoms with Crippen LogP contribution in [0.3, 0.4) is 0 Å². The fraction of sp³-hybridized carbons (Fsp3) is 0.0769. The topological polar surface area (TPSA) is 66.0 Å². The molecule has 2 rings (SSSR count).